The van der Waals surface area contributed by atoms with Gasteiger partial charge in [-0.2, -0.15) is 0 Å². The molecule has 0 fully saturated rings. The lowest BCUT2D eigenvalue weighted by atomic mass is 9.97. The molecule has 1 unspecified atom stereocenters. The van der Waals surface area contributed by atoms with Crippen molar-refractivity contribution in [1.82, 2.24) is 5.32 Å². The minimum atomic E-state index is -3.49. The largest absolute Gasteiger partial charge is 0.459 e. The summed E-state index contributed by atoms with van der Waals surface area (Å²) in [4.78, 5) is 23.7. The number of carbonyl (C=O) groups excluding carboxylic acids is 2. The first-order valence-electron chi connectivity index (χ1n) is 9.74. The summed E-state index contributed by atoms with van der Waals surface area (Å²) in [5.41, 5.74) is 0.521. The van der Waals surface area contributed by atoms with Gasteiger partial charge in [0.05, 0.1) is 12.5 Å². The van der Waals surface area contributed by atoms with E-state index in [9.17, 15) is 22.8 Å². The fourth-order valence-electron chi connectivity index (χ4n) is 2.66. The van der Waals surface area contributed by atoms with Gasteiger partial charge in [0.1, 0.15) is 11.4 Å². The Kier molecular flexibility index (Phi) is 7.70. The number of esters is 1. The van der Waals surface area contributed by atoms with Crippen molar-refractivity contribution in [1.29, 1.82) is 0 Å². The average molecular weight is 437 g/mol. The van der Waals surface area contributed by atoms with E-state index in [1.165, 1.54) is 19.1 Å². The Labute approximate surface area is 179 Å². The monoisotopic (exact) mass is 437 g/mol. The zero-order valence-electron chi connectivity index (χ0n) is 17.9. The lowest BCUT2D eigenvalue weighted by molar-refractivity contribution is -0.156. The van der Waals surface area contributed by atoms with Gasteiger partial charge >= 0.3 is 12.1 Å². The summed E-state index contributed by atoms with van der Waals surface area (Å²) >= 11 is 0. The number of hydrogen-bond donors (Lipinski definition) is 1. The van der Waals surface area contributed by atoms with Crippen molar-refractivity contribution < 1.29 is 32.2 Å². The van der Waals surface area contributed by atoms with E-state index in [1.54, 1.807) is 51.1 Å². The van der Waals surface area contributed by atoms with Gasteiger partial charge in [-0.25, -0.2) is 18.0 Å². The fourth-order valence-corrected chi connectivity index (χ4v) is 2.66. The third-order valence-electron chi connectivity index (χ3n) is 4.25. The quantitative estimate of drug-likeness (QED) is 0.597. The zero-order valence-corrected chi connectivity index (χ0v) is 17.9. The van der Waals surface area contributed by atoms with E-state index in [-0.39, 0.29) is 0 Å². The van der Waals surface area contributed by atoms with E-state index in [0.717, 1.165) is 0 Å². The number of nitrogens with one attached hydrogen (secondary N) is 1. The maximum Gasteiger partial charge on any atom is 0.407 e. The zero-order chi connectivity index (χ0) is 23.2. The van der Waals surface area contributed by atoms with Crippen LogP contribution in [0.15, 0.2) is 48.5 Å². The number of alkyl carbamates (subject to hydrolysis) is 1. The summed E-state index contributed by atoms with van der Waals surface area (Å²) in [6.07, 6.45) is -0.999. The number of alkyl halides is 2. The fraction of sp³-hybridized carbons (Fsp3) is 0.391. The van der Waals surface area contributed by atoms with Crippen LogP contribution < -0.4 is 5.32 Å². The second-order valence-corrected chi connectivity index (χ2v) is 8.15. The Morgan fingerprint density at radius 2 is 1.71 bits per heavy atom. The molecule has 31 heavy (non-hydrogen) atoms. The van der Waals surface area contributed by atoms with Crippen molar-refractivity contribution >= 4 is 12.1 Å². The number of benzene rings is 2. The molecular weight excluding hydrogens is 411 g/mol. The third kappa shape index (κ3) is 7.62. The molecule has 168 valence electrons. The minimum Gasteiger partial charge on any atom is -0.459 e. The van der Waals surface area contributed by atoms with Crippen LogP contribution in [0.3, 0.4) is 0 Å². The van der Waals surface area contributed by atoms with Crippen LogP contribution in [0, 0.1) is 5.82 Å². The molecule has 0 saturated heterocycles. The second-order valence-electron chi connectivity index (χ2n) is 8.15. The normalized spacial score (nSPS) is 12.7. The molecule has 1 amide bonds. The van der Waals surface area contributed by atoms with Crippen molar-refractivity contribution in [3.05, 3.63) is 59.9 Å². The molecule has 0 spiro atoms. The minimum absolute atomic E-state index is 0.303. The second kappa shape index (κ2) is 9.85. The molecule has 0 aliphatic carbocycles. The van der Waals surface area contributed by atoms with Crippen LogP contribution in [0.1, 0.15) is 39.2 Å². The van der Waals surface area contributed by atoms with E-state index < -0.39 is 48.5 Å². The first-order chi connectivity index (χ1) is 14.4. The van der Waals surface area contributed by atoms with E-state index in [1.807, 2.05) is 11.4 Å². The average Bonchev–Trinajstić information content (AvgIpc) is 2.69. The number of ether oxygens (including phenoxy) is 2. The number of amides is 1. The molecule has 8 heteroatoms. The molecule has 2 aromatic carbocycles. The van der Waals surface area contributed by atoms with E-state index in [2.05, 4.69) is 0 Å². The van der Waals surface area contributed by atoms with E-state index >= 15 is 0 Å². The number of carbonyl (C=O) groups is 2. The molecule has 2 rings (SSSR count). The Morgan fingerprint density at radius 3 is 2.29 bits per heavy atom. The van der Waals surface area contributed by atoms with Gasteiger partial charge in [0.15, 0.2) is 6.61 Å². The Balaban J connectivity index is 1.93. The summed E-state index contributed by atoms with van der Waals surface area (Å²) < 4.78 is 52.0. The third-order valence-corrected chi connectivity index (χ3v) is 4.25. The molecule has 0 radical (unpaired) electrons. The summed E-state index contributed by atoms with van der Waals surface area (Å²) in [7, 11) is 0. The summed E-state index contributed by atoms with van der Waals surface area (Å²) in [5, 5.41) is 1.94. The van der Waals surface area contributed by atoms with Crippen molar-refractivity contribution in [3.8, 4) is 11.1 Å². The van der Waals surface area contributed by atoms with Gasteiger partial charge in [0, 0.05) is 5.56 Å². The molecule has 0 aliphatic rings. The summed E-state index contributed by atoms with van der Waals surface area (Å²) in [5.74, 6) is -5.90. The van der Waals surface area contributed by atoms with Crippen molar-refractivity contribution in [2.75, 3.05) is 13.2 Å². The highest BCUT2D eigenvalue weighted by molar-refractivity contribution is 5.78. The predicted molar refractivity (Wildman–Crippen MR) is 110 cm³/mol. The van der Waals surface area contributed by atoms with Gasteiger partial charge in [0.2, 0.25) is 0 Å². The van der Waals surface area contributed by atoms with Crippen LogP contribution in [-0.2, 0) is 14.3 Å². The molecule has 2 aromatic rings. The molecule has 0 heterocycles. The van der Waals surface area contributed by atoms with Crippen LogP contribution in [0.4, 0.5) is 18.0 Å². The lowest BCUT2D eigenvalue weighted by Crippen LogP contribution is -2.42. The Bertz CT molecular complexity index is 911. The van der Waals surface area contributed by atoms with Gasteiger partial charge in [-0.15, -0.1) is 0 Å². The lowest BCUT2D eigenvalue weighted by Gasteiger charge is -2.22. The molecule has 0 bridgehead atoms. The highest BCUT2D eigenvalue weighted by atomic mass is 19.3. The van der Waals surface area contributed by atoms with E-state index in [0.29, 0.717) is 16.7 Å². The highest BCUT2D eigenvalue weighted by Crippen LogP contribution is 2.27. The molecule has 1 N–H and O–H groups in total. The molecule has 0 saturated carbocycles. The van der Waals surface area contributed by atoms with Crippen LogP contribution >= 0.6 is 0 Å². The molecule has 0 aromatic heterocycles. The maximum atomic E-state index is 14.5. The van der Waals surface area contributed by atoms with Gasteiger partial charge < -0.3 is 14.8 Å². The standard InChI is InChI=1S/C23H26F3NO4/c1-15(17-10-11-18(19(24)12-17)16-8-6-5-7-9-16)20(28)30-14-23(25,26)13-27-21(29)31-22(2,3)4/h5-12,15H,13-14H2,1-4H3,(H,27,29). The van der Waals surface area contributed by atoms with Crippen LogP contribution in [-0.4, -0.2) is 36.7 Å². The summed E-state index contributed by atoms with van der Waals surface area (Å²) in [6.45, 7) is 3.96. The maximum absolute atomic E-state index is 14.5. The topological polar surface area (TPSA) is 64.6 Å². The SMILES string of the molecule is CC(C(=O)OCC(F)(F)CNC(=O)OC(C)(C)C)c1ccc(-c2ccccc2)c(F)c1. The van der Waals surface area contributed by atoms with Crippen LogP contribution in [0.2, 0.25) is 0 Å². The molecule has 1 atom stereocenters. The number of hydrogen-bond acceptors (Lipinski definition) is 4. The molecule has 5 nitrogen and oxygen atoms in total. The molecular formula is C23H26F3NO4. The van der Waals surface area contributed by atoms with Gasteiger partial charge in [0.25, 0.3) is 5.92 Å². The van der Waals surface area contributed by atoms with Gasteiger partial charge in [-0.3, -0.25) is 4.79 Å². The summed E-state index contributed by atoms with van der Waals surface area (Å²) in [6, 6.07) is 13.2. The van der Waals surface area contributed by atoms with Crippen molar-refractivity contribution in [3.63, 3.8) is 0 Å². The van der Waals surface area contributed by atoms with Crippen molar-refractivity contribution in [2.24, 2.45) is 0 Å². The Morgan fingerprint density at radius 1 is 1.06 bits per heavy atom. The first-order valence-corrected chi connectivity index (χ1v) is 9.74. The van der Waals surface area contributed by atoms with Crippen LogP contribution in [0.25, 0.3) is 11.1 Å². The van der Waals surface area contributed by atoms with Crippen LogP contribution in [0.5, 0.6) is 0 Å². The molecule has 0 aliphatic heterocycles. The van der Waals surface area contributed by atoms with Crippen molar-refractivity contribution in [2.45, 2.75) is 45.1 Å². The predicted octanol–water partition coefficient (Wildman–Crippen LogP) is 5.30. The Hall–Kier alpha value is -3.03. The van der Waals surface area contributed by atoms with E-state index in [4.69, 9.17) is 9.47 Å². The van der Waals surface area contributed by atoms with Gasteiger partial charge in [-0.05, 0) is 44.9 Å². The number of rotatable bonds is 7. The highest BCUT2D eigenvalue weighted by Gasteiger charge is 2.33. The smallest absolute Gasteiger partial charge is 0.407 e. The van der Waals surface area contributed by atoms with Gasteiger partial charge in [-0.1, -0.05) is 42.5 Å². The first kappa shape index (κ1) is 24.2. The number of halogens is 3.